The summed E-state index contributed by atoms with van der Waals surface area (Å²) in [5, 5.41) is 1.32. The number of benzene rings is 1. The third kappa shape index (κ3) is 1.77. The molecule has 0 saturated heterocycles. The maximum atomic E-state index is 5.85. The lowest BCUT2D eigenvalue weighted by atomic mass is 10.0. The first-order valence-electron chi connectivity index (χ1n) is 5.42. The zero-order valence-corrected chi connectivity index (χ0v) is 9.59. The average Bonchev–Trinajstić information content (AvgIpc) is 2.45. The summed E-state index contributed by atoms with van der Waals surface area (Å²) in [7, 11) is 0. The van der Waals surface area contributed by atoms with Crippen LogP contribution in [0.15, 0.2) is 18.2 Å². The van der Waals surface area contributed by atoms with Gasteiger partial charge >= 0.3 is 0 Å². The lowest BCUT2D eigenvalue weighted by Crippen LogP contribution is -2.17. The van der Waals surface area contributed by atoms with Crippen LogP contribution >= 0.6 is 0 Å². The SMILES string of the molecule is Cc1[nH]c2c(CC(C)N)cccc2c1C. The van der Waals surface area contributed by atoms with Gasteiger partial charge in [0.05, 0.1) is 0 Å². The van der Waals surface area contributed by atoms with Crippen molar-refractivity contribution in [1.29, 1.82) is 0 Å². The molecule has 3 N–H and O–H groups in total. The van der Waals surface area contributed by atoms with Gasteiger partial charge in [-0.25, -0.2) is 0 Å². The monoisotopic (exact) mass is 202 g/mol. The molecule has 0 saturated carbocycles. The van der Waals surface area contributed by atoms with E-state index in [9.17, 15) is 0 Å². The number of nitrogens with two attached hydrogens (primary N) is 1. The van der Waals surface area contributed by atoms with Crippen LogP contribution in [0.2, 0.25) is 0 Å². The molecule has 0 aliphatic heterocycles. The minimum atomic E-state index is 0.208. The fourth-order valence-electron chi connectivity index (χ4n) is 2.06. The first kappa shape index (κ1) is 10.2. The smallest absolute Gasteiger partial charge is 0.0491 e. The summed E-state index contributed by atoms with van der Waals surface area (Å²) in [5.41, 5.74) is 11.0. The Morgan fingerprint density at radius 3 is 2.73 bits per heavy atom. The van der Waals surface area contributed by atoms with Crippen molar-refractivity contribution in [3.8, 4) is 0 Å². The molecule has 1 aromatic heterocycles. The fourth-order valence-corrected chi connectivity index (χ4v) is 2.06. The molecule has 80 valence electrons. The lowest BCUT2D eigenvalue weighted by molar-refractivity contribution is 0.741. The van der Waals surface area contributed by atoms with Gasteiger partial charge in [0.25, 0.3) is 0 Å². The van der Waals surface area contributed by atoms with Crippen molar-refractivity contribution in [2.75, 3.05) is 0 Å². The highest BCUT2D eigenvalue weighted by Gasteiger charge is 2.08. The van der Waals surface area contributed by atoms with Crippen molar-refractivity contribution in [1.82, 2.24) is 4.98 Å². The molecule has 0 amide bonds. The summed E-state index contributed by atoms with van der Waals surface area (Å²) in [6.07, 6.45) is 0.927. The molecule has 0 aliphatic carbocycles. The molecule has 0 aliphatic rings. The molecule has 1 atom stereocenters. The third-order valence-electron chi connectivity index (χ3n) is 2.97. The lowest BCUT2D eigenvalue weighted by Gasteiger charge is -2.06. The van der Waals surface area contributed by atoms with Crippen LogP contribution in [0.3, 0.4) is 0 Å². The van der Waals surface area contributed by atoms with Crippen molar-refractivity contribution >= 4 is 10.9 Å². The van der Waals surface area contributed by atoms with Crippen LogP contribution in [0.4, 0.5) is 0 Å². The van der Waals surface area contributed by atoms with E-state index >= 15 is 0 Å². The van der Waals surface area contributed by atoms with Gasteiger partial charge in [0.15, 0.2) is 0 Å². The molecule has 2 nitrogen and oxygen atoms in total. The van der Waals surface area contributed by atoms with Crippen molar-refractivity contribution in [2.24, 2.45) is 5.73 Å². The first-order chi connectivity index (χ1) is 7.09. The van der Waals surface area contributed by atoms with Crippen LogP contribution < -0.4 is 5.73 Å². The molecule has 2 heteroatoms. The number of para-hydroxylation sites is 1. The predicted molar refractivity (Wildman–Crippen MR) is 65.1 cm³/mol. The number of nitrogens with one attached hydrogen (secondary N) is 1. The van der Waals surface area contributed by atoms with Crippen molar-refractivity contribution in [2.45, 2.75) is 33.2 Å². The van der Waals surface area contributed by atoms with Gasteiger partial charge in [-0.05, 0) is 38.3 Å². The summed E-state index contributed by atoms with van der Waals surface area (Å²) >= 11 is 0. The highest BCUT2D eigenvalue weighted by Crippen LogP contribution is 2.24. The predicted octanol–water partition coefficient (Wildman–Crippen LogP) is 2.67. The Labute approximate surface area is 90.5 Å². The van der Waals surface area contributed by atoms with Gasteiger partial charge in [-0.2, -0.15) is 0 Å². The molecule has 2 rings (SSSR count). The highest BCUT2D eigenvalue weighted by atomic mass is 14.7. The molecule has 15 heavy (non-hydrogen) atoms. The average molecular weight is 202 g/mol. The van der Waals surface area contributed by atoms with Crippen LogP contribution in [0.25, 0.3) is 10.9 Å². The minimum Gasteiger partial charge on any atom is -0.358 e. The quantitative estimate of drug-likeness (QED) is 0.772. The molecule has 2 aromatic rings. The Balaban J connectivity index is 2.61. The second-order valence-corrected chi connectivity index (χ2v) is 4.40. The Morgan fingerprint density at radius 1 is 1.33 bits per heavy atom. The van der Waals surface area contributed by atoms with E-state index in [2.05, 4.69) is 37.0 Å². The molecule has 1 heterocycles. The highest BCUT2D eigenvalue weighted by molar-refractivity contribution is 5.87. The maximum Gasteiger partial charge on any atom is 0.0491 e. The summed E-state index contributed by atoms with van der Waals surface area (Å²) in [4.78, 5) is 3.45. The van der Waals surface area contributed by atoms with Crippen molar-refractivity contribution in [3.05, 3.63) is 35.0 Å². The van der Waals surface area contributed by atoms with Gasteiger partial charge in [0, 0.05) is 22.6 Å². The van der Waals surface area contributed by atoms with Gasteiger partial charge in [-0.3, -0.25) is 0 Å². The molecular formula is C13H18N2. The Bertz CT molecular complexity index is 480. The zero-order valence-electron chi connectivity index (χ0n) is 9.59. The number of fused-ring (bicyclic) bond motifs is 1. The number of hydrogen-bond acceptors (Lipinski definition) is 1. The number of hydrogen-bond donors (Lipinski definition) is 2. The summed E-state index contributed by atoms with van der Waals surface area (Å²) in [6, 6.07) is 6.64. The van der Waals surface area contributed by atoms with Gasteiger partial charge in [0.2, 0.25) is 0 Å². The van der Waals surface area contributed by atoms with Crippen LogP contribution in [0.5, 0.6) is 0 Å². The summed E-state index contributed by atoms with van der Waals surface area (Å²) in [5.74, 6) is 0. The van der Waals surface area contributed by atoms with Crippen molar-refractivity contribution in [3.63, 3.8) is 0 Å². The Kier molecular flexibility index (Phi) is 2.53. The topological polar surface area (TPSA) is 41.8 Å². The second-order valence-electron chi connectivity index (χ2n) is 4.40. The fraction of sp³-hybridized carbons (Fsp3) is 0.385. The van der Waals surface area contributed by atoms with E-state index in [-0.39, 0.29) is 6.04 Å². The number of rotatable bonds is 2. The standard InChI is InChI=1S/C13H18N2/c1-8(14)7-11-5-4-6-12-9(2)10(3)15-13(11)12/h4-6,8,15H,7,14H2,1-3H3. The summed E-state index contributed by atoms with van der Waals surface area (Å²) in [6.45, 7) is 6.32. The Hall–Kier alpha value is -1.28. The van der Waals surface area contributed by atoms with Gasteiger partial charge in [-0.1, -0.05) is 18.2 Å². The molecule has 1 unspecified atom stereocenters. The number of aromatic nitrogens is 1. The molecule has 0 fully saturated rings. The Morgan fingerprint density at radius 2 is 2.07 bits per heavy atom. The van der Waals surface area contributed by atoms with E-state index in [1.807, 2.05) is 6.92 Å². The molecule has 0 bridgehead atoms. The largest absolute Gasteiger partial charge is 0.358 e. The van der Waals surface area contributed by atoms with E-state index in [1.165, 1.54) is 27.7 Å². The number of aryl methyl sites for hydroxylation is 2. The molecule has 1 aromatic carbocycles. The maximum absolute atomic E-state index is 5.85. The molecular weight excluding hydrogens is 184 g/mol. The van der Waals surface area contributed by atoms with Crippen LogP contribution in [-0.4, -0.2) is 11.0 Å². The normalized spacial score (nSPS) is 13.3. The number of aromatic amines is 1. The minimum absolute atomic E-state index is 0.208. The van der Waals surface area contributed by atoms with E-state index < -0.39 is 0 Å². The summed E-state index contributed by atoms with van der Waals surface area (Å²) < 4.78 is 0. The second kappa shape index (κ2) is 3.70. The van der Waals surface area contributed by atoms with Gasteiger partial charge in [-0.15, -0.1) is 0 Å². The van der Waals surface area contributed by atoms with E-state index in [0.29, 0.717) is 0 Å². The van der Waals surface area contributed by atoms with E-state index in [4.69, 9.17) is 5.73 Å². The van der Waals surface area contributed by atoms with Gasteiger partial charge in [0.1, 0.15) is 0 Å². The first-order valence-corrected chi connectivity index (χ1v) is 5.42. The molecule has 0 spiro atoms. The van der Waals surface area contributed by atoms with Crippen LogP contribution in [0, 0.1) is 13.8 Å². The molecule has 0 radical (unpaired) electrons. The van der Waals surface area contributed by atoms with E-state index in [0.717, 1.165) is 6.42 Å². The van der Waals surface area contributed by atoms with Crippen molar-refractivity contribution < 1.29 is 0 Å². The van der Waals surface area contributed by atoms with E-state index in [1.54, 1.807) is 0 Å². The van der Waals surface area contributed by atoms with Crippen LogP contribution in [0.1, 0.15) is 23.7 Å². The van der Waals surface area contributed by atoms with Crippen LogP contribution in [-0.2, 0) is 6.42 Å². The number of H-pyrrole nitrogens is 1. The zero-order chi connectivity index (χ0) is 11.0. The van der Waals surface area contributed by atoms with Gasteiger partial charge < -0.3 is 10.7 Å². The third-order valence-corrected chi connectivity index (χ3v) is 2.97.